The zero-order valence-electron chi connectivity index (χ0n) is 14.0. The smallest absolute Gasteiger partial charge is 0.308 e. The fourth-order valence-corrected chi connectivity index (χ4v) is 4.00. The van der Waals surface area contributed by atoms with Gasteiger partial charge >= 0.3 is 5.97 Å². The molecule has 1 saturated carbocycles. The van der Waals surface area contributed by atoms with Crippen molar-refractivity contribution in [2.24, 2.45) is 17.8 Å². The molecule has 0 spiro atoms. The van der Waals surface area contributed by atoms with E-state index in [2.05, 4.69) is 18.8 Å². The largest absolute Gasteiger partial charge is 0.481 e. The maximum absolute atomic E-state index is 12.9. The molecule has 24 heavy (non-hydrogen) atoms. The van der Waals surface area contributed by atoms with Crippen LogP contribution in [-0.4, -0.2) is 40.0 Å². The molecular formula is C19H22N2O3. The molecule has 1 aliphatic carbocycles. The molecule has 1 aliphatic heterocycles. The summed E-state index contributed by atoms with van der Waals surface area (Å²) in [5, 5.41) is 10.5. The summed E-state index contributed by atoms with van der Waals surface area (Å²) in [6.45, 7) is 5.00. The SMILES string of the molecule is Cc1ccc2[nH]c(C(=O)N3C[C@H](C(=O)O)[C@@H](C4CC4)C3)cc2c1C. The number of benzene rings is 1. The topological polar surface area (TPSA) is 73.4 Å². The molecule has 1 aromatic carbocycles. The Morgan fingerprint density at radius 1 is 1.21 bits per heavy atom. The number of nitrogens with one attached hydrogen (secondary N) is 1. The number of carbonyl (C=O) groups excluding carboxylic acids is 1. The van der Waals surface area contributed by atoms with E-state index < -0.39 is 11.9 Å². The van der Waals surface area contributed by atoms with Gasteiger partial charge in [-0.15, -0.1) is 0 Å². The number of aryl methyl sites for hydroxylation is 2. The standard InChI is InChI=1S/C19H22N2O3/c1-10-3-6-16-13(11(10)2)7-17(20-16)18(22)21-8-14(12-4-5-12)15(9-21)19(23)24/h3,6-7,12,14-15,20H,4-5,8-9H2,1-2H3,(H,23,24)/t14-,15+/m1/s1. The van der Waals surface area contributed by atoms with Gasteiger partial charge in [-0.25, -0.2) is 0 Å². The normalized spacial score (nSPS) is 23.8. The fraction of sp³-hybridized carbons (Fsp3) is 0.474. The molecule has 2 fully saturated rings. The van der Waals surface area contributed by atoms with E-state index >= 15 is 0 Å². The Kier molecular flexibility index (Phi) is 3.41. The summed E-state index contributed by atoms with van der Waals surface area (Å²) in [6.07, 6.45) is 2.20. The van der Waals surface area contributed by atoms with Crippen LogP contribution in [0.2, 0.25) is 0 Å². The van der Waals surface area contributed by atoms with Gasteiger partial charge in [0.25, 0.3) is 5.91 Å². The Bertz CT molecular complexity index is 834. The second-order valence-corrected chi connectivity index (χ2v) is 7.31. The van der Waals surface area contributed by atoms with Crippen LogP contribution in [0.4, 0.5) is 0 Å². The molecule has 126 valence electrons. The predicted molar refractivity (Wildman–Crippen MR) is 91.0 cm³/mol. The van der Waals surface area contributed by atoms with Gasteiger partial charge < -0.3 is 15.0 Å². The van der Waals surface area contributed by atoms with Crippen molar-refractivity contribution in [3.05, 3.63) is 35.0 Å². The zero-order chi connectivity index (χ0) is 17.0. The first-order valence-electron chi connectivity index (χ1n) is 8.56. The van der Waals surface area contributed by atoms with E-state index in [0.717, 1.165) is 23.7 Å². The molecule has 2 N–H and O–H groups in total. The second kappa shape index (κ2) is 5.36. The van der Waals surface area contributed by atoms with E-state index in [1.54, 1.807) is 4.90 Å². The summed E-state index contributed by atoms with van der Waals surface area (Å²) in [7, 11) is 0. The number of aromatic nitrogens is 1. The molecule has 2 atom stereocenters. The summed E-state index contributed by atoms with van der Waals surface area (Å²) in [6, 6.07) is 5.94. The molecule has 2 aromatic rings. The Labute approximate surface area is 140 Å². The third-order valence-corrected chi connectivity index (χ3v) is 5.77. The lowest BCUT2D eigenvalue weighted by Gasteiger charge is -2.15. The third-order valence-electron chi connectivity index (χ3n) is 5.77. The van der Waals surface area contributed by atoms with Gasteiger partial charge in [-0.3, -0.25) is 9.59 Å². The quantitative estimate of drug-likeness (QED) is 0.911. The van der Waals surface area contributed by atoms with Crippen molar-refractivity contribution >= 4 is 22.8 Å². The van der Waals surface area contributed by atoms with Crippen molar-refractivity contribution in [1.29, 1.82) is 0 Å². The number of carbonyl (C=O) groups is 2. The van der Waals surface area contributed by atoms with Crippen LogP contribution in [0.15, 0.2) is 18.2 Å². The Balaban J connectivity index is 1.62. The number of hydrogen-bond acceptors (Lipinski definition) is 2. The van der Waals surface area contributed by atoms with Crippen molar-refractivity contribution in [3.63, 3.8) is 0 Å². The average molecular weight is 326 g/mol. The lowest BCUT2D eigenvalue weighted by molar-refractivity contribution is -0.142. The number of fused-ring (bicyclic) bond motifs is 1. The van der Waals surface area contributed by atoms with E-state index in [1.807, 2.05) is 18.2 Å². The highest BCUT2D eigenvalue weighted by molar-refractivity contribution is 5.99. The van der Waals surface area contributed by atoms with Crippen LogP contribution in [0.25, 0.3) is 10.9 Å². The fourth-order valence-electron chi connectivity index (χ4n) is 4.00. The molecule has 2 heterocycles. The lowest BCUT2D eigenvalue weighted by atomic mass is 9.92. The van der Waals surface area contributed by atoms with Gasteiger partial charge in [-0.1, -0.05) is 6.07 Å². The van der Waals surface area contributed by atoms with Crippen LogP contribution < -0.4 is 0 Å². The van der Waals surface area contributed by atoms with Crippen molar-refractivity contribution < 1.29 is 14.7 Å². The number of carboxylic acid groups (broad SMARTS) is 1. The van der Waals surface area contributed by atoms with Crippen LogP contribution in [0.5, 0.6) is 0 Å². The number of likely N-dealkylation sites (tertiary alicyclic amines) is 1. The first kappa shape index (κ1) is 15.2. The summed E-state index contributed by atoms with van der Waals surface area (Å²) in [5.74, 6) is -0.686. The molecule has 5 heteroatoms. The van der Waals surface area contributed by atoms with Crippen molar-refractivity contribution in [2.45, 2.75) is 26.7 Å². The second-order valence-electron chi connectivity index (χ2n) is 7.31. The third kappa shape index (κ3) is 2.39. The molecule has 1 saturated heterocycles. The van der Waals surface area contributed by atoms with Gasteiger partial charge in [0.05, 0.1) is 5.92 Å². The molecule has 4 rings (SSSR count). The van der Waals surface area contributed by atoms with Gasteiger partial charge in [0.15, 0.2) is 0 Å². The highest BCUT2D eigenvalue weighted by Crippen LogP contribution is 2.44. The Hall–Kier alpha value is -2.30. The highest BCUT2D eigenvalue weighted by atomic mass is 16.4. The molecule has 0 bridgehead atoms. The minimum atomic E-state index is -0.773. The number of H-pyrrole nitrogens is 1. The minimum absolute atomic E-state index is 0.0855. The number of rotatable bonds is 3. The van der Waals surface area contributed by atoms with E-state index in [9.17, 15) is 14.7 Å². The molecule has 0 radical (unpaired) electrons. The number of amides is 1. The number of carboxylic acids is 1. The maximum Gasteiger partial charge on any atom is 0.308 e. The maximum atomic E-state index is 12.9. The van der Waals surface area contributed by atoms with Crippen LogP contribution in [0.1, 0.15) is 34.5 Å². The summed E-state index contributed by atoms with van der Waals surface area (Å²) < 4.78 is 0. The number of nitrogens with zero attached hydrogens (tertiary/aromatic N) is 1. The van der Waals surface area contributed by atoms with E-state index in [4.69, 9.17) is 0 Å². The van der Waals surface area contributed by atoms with Crippen LogP contribution >= 0.6 is 0 Å². The van der Waals surface area contributed by atoms with Crippen LogP contribution in [0.3, 0.4) is 0 Å². The van der Waals surface area contributed by atoms with Crippen molar-refractivity contribution in [2.75, 3.05) is 13.1 Å². The number of hydrogen-bond donors (Lipinski definition) is 2. The van der Waals surface area contributed by atoms with Crippen molar-refractivity contribution in [3.8, 4) is 0 Å². The summed E-state index contributed by atoms with van der Waals surface area (Å²) in [5.41, 5.74) is 3.87. The number of aromatic amines is 1. The first-order chi connectivity index (χ1) is 11.5. The van der Waals surface area contributed by atoms with Crippen LogP contribution in [0, 0.1) is 31.6 Å². The molecule has 1 amide bonds. The predicted octanol–water partition coefficient (Wildman–Crippen LogP) is 2.97. The lowest BCUT2D eigenvalue weighted by Crippen LogP contribution is -2.30. The van der Waals surface area contributed by atoms with Gasteiger partial charge in [0.1, 0.15) is 5.69 Å². The van der Waals surface area contributed by atoms with E-state index in [1.165, 1.54) is 11.1 Å². The summed E-state index contributed by atoms with van der Waals surface area (Å²) >= 11 is 0. The van der Waals surface area contributed by atoms with Gasteiger partial charge in [0, 0.05) is 24.0 Å². The average Bonchev–Trinajstić information content (AvgIpc) is 3.14. The minimum Gasteiger partial charge on any atom is -0.481 e. The van der Waals surface area contributed by atoms with Gasteiger partial charge in [-0.2, -0.15) is 0 Å². The first-order valence-corrected chi connectivity index (χ1v) is 8.56. The molecular weight excluding hydrogens is 304 g/mol. The van der Waals surface area contributed by atoms with E-state index in [-0.39, 0.29) is 11.8 Å². The molecule has 0 unspecified atom stereocenters. The van der Waals surface area contributed by atoms with Crippen LogP contribution in [-0.2, 0) is 4.79 Å². The zero-order valence-corrected chi connectivity index (χ0v) is 14.0. The molecule has 2 aliphatic rings. The highest BCUT2D eigenvalue weighted by Gasteiger charge is 2.47. The summed E-state index contributed by atoms with van der Waals surface area (Å²) in [4.78, 5) is 29.3. The number of aliphatic carboxylic acids is 1. The molecule has 5 nitrogen and oxygen atoms in total. The van der Waals surface area contributed by atoms with Crippen molar-refractivity contribution in [1.82, 2.24) is 9.88 Å². The Morgan fingerprint density at radius 2 is 1.96 bits per heavy atom. The van der Waals surface area contributed by atoms with Gasteiger partial charge in [-0.05, 0) is 61.8 Å². The molecule has 1 aromatic heterocycles. The Morgan fingerprint density at radius 3 is 2.62 bits per heavy atom. The monoisotopic (exact) mass is 326 g/mol. The van der Waals surface area contributed by atoms with E-state index in [0.29, 0.717) is 24.7 Å². The van der Waals surface area contributed by atoms with Gasteiger partial charge in [0.2, 0.25) is 0 Å².